The molecule has 6 rings (SSSR count). The number of rotatable bonds is 15. The summed E-state index contributed by atoms with van der Waals surface area (Å²) in [5.41, 5.74) is 3.61. The fourth-order valence-corrected chi connectivity index (χ4v) is 7.43. The van der Waals surface area contributed by atoms with Crippen molar-refractivity contribution in [2.24, 2.45) is 5.41 Å². The van der Waals surface area contributed by atoms with Gasteiger partial charge in [0, 0.05) is 43.7 Å². The number of aliphatic carboxylic acids is 1. The van der Waals surface area contributed by atoms with Crippen LogP contribution in [0.2, 0.25) is 5.02 Å². The van der Waals surface area contributed by atoms with Crippen LogP contribution in [0.1, 0.15) is 68.2 Å². The summed E-state index contributed by atoms with van der Waals surface area (Å²) in [7, 11) is 0. The second-order valence-corrected chi connectivity index (χ2v) is 15.7. The van der Waals surface area contributed by atoms with Crippen molar-refractivity contribution in [1.82, 2.24) is 15.1 Å². The second-order valence-electron chi connectivity index (χ2n) is 15.3. The summed E-state index contributed by atoms with van der Waals surface area (Å²) in [6.07, 6.45) is 2.54. The normalized spacial score (nSPS) is 18.4. The molecule has 2 fully saturated rings. The Morgan fingerprint density at radius 2 is 1.70 bits per heavy atom. The summed E-state index contributed by atoms with van der Waals surface area (Å²) in [6.45, 7) is 8.67. The molecule has 1 saturated carbocycles. The van der Waals surface area contributed by atoms with Crippen molar-refractivity contribution in [1.29, 1.82) is 0 Å². The summed E-state index contributed by atoms with van der Waals surface area (Å²) in [4.78, 5) is 43.4. The van der Waals surface area contributed by atoms with Gasteiger partial charge in [0.15, 0.2) is 11.6 Å². The van der Waals surface area contributed by atoms with Crippen molar-refractivity contribution >= 4 is 35.0 Å². The van der Waals surface area contributed by atoms with Gasteiger partial charge in [0.25, 0.3) is 5.91 Å². The Hall–Kier alpha value is -4.48. The van der Waals surface area contributed by atoms with Gasteiger partial charge in [-0.2, -0.15) is 0 Å². The average Bonchev–Trinajstić information content (AvgIpc) is 3.98. The number of fused-ring (bicyclic) bond motifs is 2. The van der Waals surface area contributed by atoms with E-state index in [4.69, 9.17) is 21.1 Å². The van der Waals surface area contributed by atoms with Crippen LogP contribution in [0.4, 0.5) is 8.78 Å². The zero-order chi connectivity index (χ0) is 38.7. The van der Waals surface area contributed by atoms with Crippen LogP contribution in [0.5, 0.6) is 11.5 Å². The van der Waals surface area contributed by atoms with E-state index in [-0.39, 0.29) is 61.8 Å². The third kappa shape index (κ3) is 9.06. The van der Waals surface area contributed by atoms with Gasteiger partial charge in [0.2, 0.25) is 5.91 Å². The highest BCUT2D eigenvalue weighted by Crippen LogP contribution is 2.38. The van der Waals surface area contributed by atoms with E-state index in [1.807, 2.05) is 50.2 Å². The largest absolute Gasteiger partial charge is 0.490 e. The maximum atomic E-state index is 14.7. The highest BCUT2D eigenvalue weighted by Gasteiger charge is 2.43. The second kappa shape index (κ2) is 16.5. The van der Waals surface area contributed by atoms with Crippen molar-refractivity contribution in [2.75, 3.05) is 32.8 Å². The van der Waals surface area contributed by atoms with E-state index in [2.05, 4.69) is 5.32 Å². The Balaban J connectivity index is 1.22. The smallest absolute Gasteiger partial charge is 0.309 e. The molecule has 3 aromatic carbocycles. The minimum atomic E-state index is -1.05. The van der Waals surface area contributed by atoms with Crippen LogP contribution in [-0.2, 0) is 20.8 Å². The first kappa shape index (κ1) is 39.2. The highest BCUT2D eigenvalue weighted by molar-refractivity contribution is 6.32. The third-order valence-corrected chi connectivity index (χ3v) is 11.1. The molecule has 288 valence electrons. The van der Waals surface area contributed by atoms with Crippen LogP contribution in [-0.4, -0.2) is 83.7 Å². The maximum Gasteiger partial charge on any atom is 0.309 e. The minimum absolute atomic E-state index is 0.0168. The molecule has 54 heavy (non-hydrogen) atoms. The number of nitrogens with one attached hydrogen (secondary N) is 1. The molecular weight excluding hydrogens is 716 g/mol. The number of carboxylic acid groups (broad SMARTS) is 1. The zero-order valence-electron chi connectivity index (χ0n) is 31.2. The number of carbonyl (C=O) groups is 3. The van der Waals surface area contributed by atoms with Crippen molar-refractivity contribution < 1.29 is 37.7 Å². The van der Waals surface area contributed by atoms with Gasteiger partial charge in [0.05, 0.1) is 16.5 Å². The van der Waals surface area contributed by atoms with Gasteiger partial charge in [0.1, 0.15) is 24.7 Å². The first-order valence-electron chi connectivity index (χ1n) is 18.6. The van der Waals surface area contributed by atoms with E-state index < -0.39 is 29.1 Å². The lowest BCUT2D eigenvalue weighted by atomic mass is 9.82. The molecule has 1 saturated heterocycles. The lowest BCUT2D eigenvalue weighted by Crippen LogP contribution is -2.62. The van der Waals surface area contributed by atoms with Crippen LogP contribution in [0, 0.1) is 30.9 Å². The van der Waals surface area contributed by atoms with Gasteiger partial charge >= 0.3 is 5.97 Å². The number of halogens is 3. The molecule has 0 aromatic heterocycles. The number of carboxylic acids is 1. The van der Waals surface area contributed by atoms with Gasteiger partial charge in [-0.3, -0.25) is 14.4 Å². The van der Waals surface area contributed by atoms with E-state index >= 15 is 0 Å². The molecule has 2 bridgehead atoms. The Morgan fingerprint density at radius 3 is 2.41 bits per heavy atom. The summed E-state index contributed by atoms with van der Waals surface area (Å²) in [6, 6.07) is 14.8. The molecule has 0 spiro atoms. The summed E-state index contributed by atoms with van der Waals surface area (Å²) in [5.74, 6) is -1.89. The fraction of sp³-hybridized carbons (Fsp3) is 0.452. The van der Waals surface area contributed by atoms with Crippen LogP contribution in [0.3, 0.4) is 0 Å². The number of benzene rings is 3. The number of nitrogens with zero attached hydrogens (tertiary/aromatic N) is 2. The Morgan fingerprint density at radius 1 is 1.00 bits per heavy atom. The van der Waals surface area contributed by atoms with Crippen molar-refractivity contribution in [3.8, 4) is 11.5 Å². The molecule has 9 nitrogen and oxygen atoms in total. The minimum Gasteiger partial charge on any atom is -0.490 e. The first-order chi connectivity index (χ1) is 25.7. The molecule has 2 N–H and O–H groups in total. The molecule has 2 heterocycles. The highest BCUT2D eigenvalue weighted by atomic mass is 35.5. The Kier molecular flexibility index (Phi) is 12.0. The van der Waals surface area contributed by atoms with Crippen LogP contribution in [0.25, 0.3) is 5.57 Å². The topological polar surface area (TPSA) is 108 Å². The van der Waals surface area contributed by atoms with E-state index in [0.29, 0.717) is 48.3 Å². The molecule has 2 atom stereocenters. The number of amides is 2. The number of ether oxygens (including phenoxy) is 2. The fourth-order valence-electron chi connectivity index (χ4n) is 7.16. The van der Waals surface area contributed by atoms with Crippen LogP contribution < -0.4 is 14.8 Å². The molecule has 2 amide bonds. The van der Waals surface area contributed by atoms with Gasteiger partial charge in [-0.25, -0.2) is 8.78 Å². The molecule has 12 heteroatoms. The Bertz CT molecular complexity index is 1930. The number of carbonyl (C=O) groups excluding carboxylic acids is 2. The molecule has 3 aromatic rings. The number of aryl methyl sites for hydroxylation is 2. The van der Waals surface area contributed by atoms with Crippen molar-refractivity contribution in [3.05, 3.63) is 99.1 Å². The lowest BCUT2D eigenvalue weighted by Gasteiger charge is -2.45. The molecule has 3 aliphatic rings. The van der Waals surface area contributed by atoms with Gasteiger partial charge in [-0.15, -0.1) is 0 Å². The predicted molar refractivity (Wildman–Crippen MR) is 203 cm³/mol. The van der Waals surface area contributed by atoms with Gasteiger partial charge in [-0.05, 0) is 118 Å². The SMILES string of the molecule is Cc1cc(Cl)c(OCCOc2ccc(C3=C(C(=O)N(CCc4cccc(F)c4F)C4CC4)[C@H]4CN(C(=O)CCC(C)(C)C(=O)O)C[C@@H](C3)N4)cc2)cc1C. The summed E-state index contributed by atoms with van der Waals surface area (Å²) >= 11 is 6.35. The van der Waals surface area contributed by atoms with Gasteiger partial charge < -0.3 is 29.7 Å². The summed E-state index contributed by atoms with van der Waals surface area (Å²) in [5, 5.41) is 13.7. The van der Waals surface area contributed by atoms with E-state index in [1.165, 1.54) is 12.1 Å². The van der Waals surface area contributed by atoms with E-state index in [9.17, 15) is 28.3 Å². The number of piperazine rings is 1. The van der Waals surface area contributed by atoms with E-state index in [1.54, 1.807) is 23.6 Å². The van der Waals surface area contributed by atoms with Gasteiger partial charge in [-0.1, -0.05) is 35.9 Å². The molecule has 2 aliphatic heterocycles. The van der Waals surface area contributed by atoms with Crippen molar-refractivity contribution in [3.63, 3.8) is 0 Å². The summed E-state index contributed by atoms with van der Waals surface area (Å²) < 4.78 is 40.5. The maximum absolute atomic E-state index is 14.7. The molecule has 0 radical (unpaired) electrons. The zero-order valence-corrected chi connectivity index (χ0v) is 32.0. The van der Waals surface area contributed by atoms with Crippen molar-refractivity contribution in [2.45, 2.75) is 84.3 Å². The quantitative estimate of drug-likeness (QED) is 0.159. The molecule has 0 unspecified atom stereocenters. The third-order valence-electron chi connectivity index (χ3n) is 10.8. The standard InChI is InChI=1S/C42H48ClF2N3O6/c1-25-20-33(43)36(21-26(25)2)54-19-18-53-31-12-8-27(9-13-31)32-22-29-23-47(37(49)14-16-42(3,4)41(51)52)24-35(46-29)38(32)40(50)48(30-10-11-30)17-15-28-6-5-7-34(44)39(28)45/h5-9,12-13,20-21,29-30,35,46H,10-11,14-19,22-24H2,1-4H3,(H,51,52)/t29-,35-/m1/s1. The van der Waals surface area contributed by atoms with E-state index in [0.717, 1.165) is 41.2 Å². The molecule has 1 aliphatic carbocycles. The predicted octanol–water partition coefficient (Wildman–Crippen LogP) is 7.14. The lowest BCUT2D eigenvalue weighted by molar-refractivity contribution is -0.148. The average molecular weight is 764 g/mol. The first-order valence-corrected chi connectivity index (χ1v) is 19.0. The number of hydrogen-bond acceptors (Lipinski definition) is 6. The molecular formula is C42H48ClF2N3O6. The number of hydrogen-bond donors (Lipinski definition) is 2. The monoisotopic (exact) mass is 763 g/mol. The van der Waals surface area contributed by atoms with Crippen LogP contribution >= 0.6 is 11.6 Å². The van der Waals surface area contributed by atoms with Crippen LogP contribution in [0.15, 0.2) is 60.2 Å². The Labute approximate surface area is 320 Å².